The molecule has 1 aliphatic rings. The molecule has 20 heavy (non-hydrogen) atoms. The highest BCUT2D eigenvalue weighted by Crippen LogP contribution is 2.45. The van der Waals surface area contributed by atoms with E-state index in [0.29, 0.717) is 22.9 Å². The van der Waals surface area contributed by atoms with Crippen LogP contribution < -0.4 is 0 Å². The molecule has 0 saturated heterocycles. The molecule has 0 unspecified atom stereocenters. The number of hydrogen-bond acceptors (Lipinski definition) is 4. The maximum absolute atomic E-state index is 9.35. The third kappa shape index (κ3) is 2.31. The zero-order chi connectivity index (χ0) is 14.3. The summed E-state index contributed by atoms with van der Waals surface area (Å²) in [5.74, 6) is 1.25. The molecule has 104 valence electrons. The van der Waals surface area contributed by atoms with E-state index in [1.54, 1.807) is 11.3 Å². The Bertz CT molecular complexity index is 684. The van der Waals surface area contributed by atoms with E-state index >= 15 is 0 Å². The average molecular weight is 285 g/mol. The number of thiophene rings is 1. The Morgan fingerprint density at radius 2 is 2.00 bits per heavy atom. The van der Waals surface area contributed by atoms with Gasteiger partial charge in [-0.2, -0.15) is 5.26 Å². The van der Waals surface area contributed by atoms with Crippen LogP contribution in [0.15, 0.2) is 5.38 Å². The van der Waals surface area contributed by atoms with Crippen molar-refractivity contribution >= 4 is 21.6 Å². The predicted molar refractivity (Wildman–Crippen MR) is 81.9 cm³/mol. The van der Waals surface area contributed by atoms with E-state index in [1.807, 2.05) is 6.92 Å². The fourth-order valence-electron chi connectivity index (χ4n) is 3.16. The van der Waals surface area contributed by atoms with E-state index in [4.69, 9.17) is 0 Å². The zero-order valence-electron chi connectivity index (χ0n) is 12.2. The van der Waals surface area contributed by atoms with Gasteiger partial charge in [-0.05, 0) is 54.9 Å². The van der Waals surface area contributed by atoms with Gasteiger partial charge >= 0.3 is 0 Å². The third-order valence-electron chi connectivity index (χ3n) is 4.46. The predicted octanol–water partition coefficient (Wildman–Crippen LogP) is 4.56. The van der Waals surface area contributed by atoms with Crippen LogP contribution in [-0.4, -0.2) is 9.97 Å². The molecule has 1 saturated carbocycles. The molecule has 0 amide bonds. The highest BCUT2D eigenvalue weighted by Gasteiger charge is 2.29. The zero-order valence-corrected chi connectivity index (χ0v) is 13.0. The van der Waals surface area contributed by atoms with E-state index < -0.39 is 0 Å². The first-order valence-electron chi connectivity index (χ1n) is 7.16. The summed E-state index contributed by atoms with van der Waals surface area (Å²) in [4.78, 5) is 9.76. The highest BCUT2D eigenvalue weighted by molar-refractivity contribution is 7.17. The molecule has 0 radical (unpaired) electrons. The molecule has 0 aromatic carbocycles. The van der Waals surface area contributed by atoms with Crippen LogP contribution in [0.1, 0.15) is 62.5 Å². The van der Waals surface area contributed by atoms with Gasteiger partial charge in [-0.25, -0.2) is 9.97 Å². The van der Waals surface area contributed by atoms with Crippen LogP contribution in [0.4, 0.5) is 0 Å². The van der Waals surface area contributed by atoms with Crippen molar-refractivity contribution < 1.29 is 0 Å². The van der Waals surface area contributed by atoms with Crippen molar-refractivity contribution in [2.45, 2.75) is 52.4 Å². The number of aryl methyl sites for hydroxylation is 1. The molecular formula is C16H19N3S. The molecule has 3 rings (SSSR count). The lowest BCUT2D eigenvalue weighted by molar-refractivity contribution is 0.225. The molecule has 0 aliphatic heterocycles. The molecule has 0 N–H and O–H groups in total. The molecule has 0 bridgehead atoms. The SMILES string of the molecule is Cc1nc(C#N)c2c(C3CCC(C)(C)CC3)csc2n1. The fourth-order valence-corrected chi connectivity index (χ4v) is 4.23. The Hall–Kier alpha value is -1.47. The summed E-state index contributed by atoms with van der Waals surface area (Å²) in [6, 6.07) is 2.25. The monoisotopic (exact) mass is 285 g/mol. The lowest BCUT2D eigenvalue weighted by Crippen LogP contribution is -2.20. The quantitative estimate of drug-likeness (QED) is 0.772. The molecule has 3 nitrogen and oxygen atoms in total. The molecule has 2 aromatic heterocycles. The van der Waals surface area contributed by atoms with Gasteiger partial charge in [-0.15, -0.1) is 11.3 Å². The van der Waals surface area contributed by atoms with Crippen molar-refractivity contribution in [1.29, 1.82) is 5.26 Å². The van der Waals surface area contributed by atoms with Gasteiger partial charge < -0.3 is 0 Å². The van der Waals surface area contributed by atoms with Crippen LogP contribution in [0, 0.1) is 23.7 Å². The van der Waals surface area contributed by atoms with Crippen molar-refractivity contribution in [3.8, 4) is 6.07 Å². The van der Waals surface area contributed by atoms with E-state index in [2.05, 4.69) is 35.3 Å². The van der Waals surface area contributed by atoms with Gasteiger partial charge in [0.2, 0.25) is 0 Å². The number of nitriles is 1. The molecule has 0 atom stereocenters. The minimum Gasteiger partial charge on any atom is -0.222 e. The lowest BCUT2D eigenvalue weighted by Gasteiger charge is -2.34. The van der Waals surface area contributed by atoms with E-state index in [1.165, 1.54) is 31.2 Å². The largest absolute Gasteiger partial charge is 0.222 e. The smallest absolute Gasteiger partial charge is 0.153 e. The maximum Gasteiger partial charge on any atom is 0.153 e. The van der Waals surface area contributed by atoms with Crippen LogP contribution in [0.5, 0.6) is 0 Å². The second-order valence-electron chi connectivity index (χ2n) is 6.54. The standard InChI is InChI=1S/C16H19N3S/c1-10-18-13(8-17)14-12(9-20-15(14)19-10)11-4-6-16(2,3)7-5-11/h9,11H,4-7H2,1-3H3. The first kappa shape index (κ1) is 13.5. The van der Waals surface area contributed by atoms with Gasteiger partial charge in [0.15, 0.2) is 5.69 Å². The van der Waals surface area contributed by atoms with Crippen LogP contribution in [0.2, 0.25) is 0 Å². The van der Waals surface area contributed by atoms with Crippen molar-refractivity contribution in [3.05, 3.63) is 22.5 Å². The van der Waals surface area contributed by atoms with Crippen molar-refractivity contribution in [2.75, 3.05) is 0 Å². The molecular weight excluding hydrogens is 266 g/mol. The number of hydrogen-bond donors (Lipinski definition) is 0. The molecule has 2 aromatic rings. The van der Waals surface area contributed by atoms with Crippen molar-refractivity contribution in [3.63, 3.8) is 0 Å². The van der Waals surface area contributed by atoms with Crippen molar-refractivity contribution in [1.82, 2.24) is 9.97 Å². The Labute approximate surface area is 123 Å². The fraction of sp³-hybridized carbons (Fsp3) is 0.562. The van der Waals surface area contributed by atoms with E-state index in [9.17, 15) is 5.26 Å². The molecule has 4 heteroatoms. The van der Waals surface area contributed by atoms with Crippen molar-refractivity contribution in [2.24, 2.45) is 5.41 Å². The first-order valence-corrected chi connectivity index (χ1v) is 8.04. The van der Waals surface area contributed by atoms with Gasteiger partial charge in [-0.1, -0.05) is 13.8 Å². The van der Waals surface area contributed by atoms with Gasteiger partial charge in [0.25, 0.3) is 0 Å². The Morgan fingerprint density at radius 1 is 1.30 bits per heavy atom. The van der Waals surface area contributed by atoms with Gasteiger partial charge in [0, 0.05) is 0 Å². The summed E-state index contributed by atoms with van der Waals surface area (Å²) in [6.45, 7) is 6.55. The summed E-state index contributed by atoms with van der Waals surface area (Å²) >= 11 is 1.65. The van der Waals surface area contributed by atoms with Crippen LogP contribution >= 0.6 is 11.3 Å². The molecule has 0 spiro atoms. The van der Waals surface area contributed by atoms with Crippen LogP contribution in [0.25, 0.3) is 10.2 Å². The van der Waals surface area contributed by atoms with Crippen LogP contribution in [0.3, 0.4) is 0 Å². The summed E-state index contributed by atoms with van der Waals surface area (Å²) < 4.78 is 0. The minimum atomic E-state index is 0.466. The number of nitrogens with zero attached hydrogens (tertiary/aromatic N) is 3. The van der Waals surface area contributed by atoms with Gasteiger partial charge in [0.05, 0.1) is 5.39 Å². The Morgan fingerprint density at radius 3 is 2.65 bits per heavy atom. The second-order valence-corrected chi connectivity index (χ2v) is 7.40. The minimum absolute atomic E-state index is 0.466. The number of fused-ring (bicyclic) bond motifs is 1. The summed E-state index contributed by atoms with van der Waals surface area (Å²) in [6.07, 6.45) is 4.92. The van der Waals surface area contributed by atoms with Gasteiger partial charge in [0.1, 0.15) is 16.7 Å². The Balaban J connectivity index is 2.03. The second kappa shape index (κ2) is 4.82. The normalized spacial score (nSPS) is 19.1. The summed E-state index contributed by atoms with van der Waals surface area (Å²) in [5.41, 5.74) is 2.32. The van der Waals surface area contributed by atoms with Crippen LogP contribution in [-0.2, 0) is 0 Å². The van der Waals surface area contributed by atoms with E-state index in [-0.39, 0.29) is 0 Å². The molecule has 2 heterocycles. The first-order chi connectivity index (χ1) is 9.50. The average Bonchev–Trinajstić information content (AvgIpc) is 2.81. The number of rotatable bonds is 1. The summed E-state index contributed by atoms with van der Waals surface area (Å²) in [5, 5.41) is 12.6. The third-order valence-corrected chi connectivity index (χ3v) is 5.35. The maximum atomic E-state index is 9.35. The summed E-state index contributed by atoms with van der Waals surface area (Å²) in [7, 11) is 0. The lowest BCUT2D eigenvalue weighted by atomic mass is 9.71. The van der Waals surface area contributed by atoms with Gasteiger partial charge in [-0.3, -0.25) is 0 Å². The molecule has 1 aliphatic carbocycles. The highest BCUT2D eigenvalue weighted by atomic mass is 32.1. The Kier molecular flexibility index (Phi) is 3.25. The van der Waals surface area contributed by atoms with E-state index in [0.717, 1.165) is 10.2 Å². The molecule has 1 fully saturated rings. The topological polar surface area (TPSA) is 49.6 Å². The number of aromatic nitrogens is 2.